The average molecular weight is 446 g/mol. The minimum Gasteiger partial charge on any atom is -0.493 e. The van der Waals surface area contributed by atoms with E-state index >= 15 is 0 Å². The van der Waals surface area contributed by atoms with Gasteiger partial charge in [0.1, 0.15) is 0 Å². The maximum absolute atomic E-state index is 5.61. The number of rotatable bonds is 8. The van der Waals surface area contributed by atoms with E-state index in [-0.39, 0.29) is 5.41 Å². The number of aliphatic imine (C=N–C) groups is 1. The van der Waals surface area contributed by atoms with Crippen molar-refractivity contribution < 1.29 is 9.47 Å². The Balaban J connectivity index is 1.76. The zero-order valence-corrected chi connectivity index (χ0v) is 20.7. The smallest absolute Gasteiger partial charge is 0.191 e. The molecule has 2 aliphatic rings. The number of piperazine rings is 1. The van der Waals surface area contributed by atoms with Crippen LogP contribution in [-0.2, 0) is 5.41 Å². The van der Waals surface area contributed by atoms with Crippen LogP contribution in [-0.4, -0.2) is 89.4 Å². The number of nitrogens with zero attached hydrogens (tertiary/aromatic N) is 3. The molecule has 1 unspecified atom stereocenters. The molecule has 0 radical (unpaired) electrons. The second-order valence-corrected chi connectivity index (χ2v) is 9.38. The summed E-state index contributed by atoms with van der Waals surface area (Å²) in [6.45, 7) is 7.98. The Labute approximate surface area is 194 Å². The number of hydrogen-bond acceptors (Lipinski definition) is 5. The molecule has 3 rings (SSSR count). The number of nitrogens with one attached hydrogen (secondary N) is 2. The van der Waals surface area contributed by atoms with Crippen LogP contribution in [0.2, 0.25) is 0 Å². The number of hydrogen-bond donors (Lipinski definition) is 2. The van der Waals surface area contributed by atoms with Crippen molar-refractivity contribution >= 4 is 5.96 Å². The molecule has 0 amide bonds. The molecule has 1 aromatic carbocycles. The Kier molecular flexibility index (Phi) is 9.05. The molecule has 2 N–H and O–H groups in total. The van der Waals surface area contributed by atoms with Gasteiger partial charge in [0, 0.05) is 44.2 Å². The van der Waals surface area contributed by atoms with Crippen LogP contribution in [0.15, 0.2) is 23.2 Å². The fourth-order valence-corrected chi connectivity index (χ4v) is 5.04. The van der Waals surface area contributed by atoms with E-state index in [2.05, 4.69) is 53.6 Å². The molecule has 1 aliphatic heterocycles. The van der Waals surface area contributed by atoms with Crippen molar-refractivity contribution in [2.75, 3.05) is 67.6 Å². The van der Waals surface area contributed by atoms with Crippen LogP contribution in [0.4, 0.5) is 0 Å². The Morgan fingerprint density at radius 3 is 2.50 bits per heavy atom. The lowest BCUT2D eigenvalue weighted by molar-refractivity contribution is 0.116. The third-order valence-corrected chi connectivity index (χ3v) is 7.18. The summed E-state index contributed by atoms with van der Waals surface area (Å²) in [5, 5.41) is 7.08. The quantitative estimate of drug-likeness (QED) is 0.474. The van der Waals surface area contributed by atoms with Crippen LogP contribution in [0.25, 0.3) is 0 Å². The predicted molar refractivity (Wildman–Crippen MR) is 132 cm³/mol. The van der Waals surface area contributed by atoms with Gasteiger partial charge in [-0.05, 0) is 51.6 Å². The first-order valence-electron chi connectivity index (χ1n) is 12.1. The van der Waals surface area contributed by atoms with E-state index in [1.165, 1.54) is 24.8 Å². The van der Waals surface area contributed by atoms with E-state index in [1.54, 1.807) is 14.2 Å². The number of guanidine groups is 1. The van der Waals surface area contributed by atoms with Gasteiger partial charge in [-0.1, -0.05) is 25.3 Å². The van der Waals surface area contributed by atoms with Crippen LogP contribution < -0.4 is 20.1 Å². The highest BCUT2D eigenvalue weighted by Gasteiger charge is 2.34. The maximum atomic E-state index is 5.61. The lowest BCUT2D eigenvalue weighted by Crippen LogP contribution is -2.55. The van der Waals surface area contributed by atoms with Crippen LogP contribution in [0.3, 0.4) is 0 Å². The summed E-state index contributed by atoms with van der Waals surface area (Å²) in [6, 6.07) is 6.89. The molecule has 32 heavy (non-hydrogen) atoms. The van der Waals surface area contributed by atoms with Crippen LogP contribution in [0.1, 0.15) is 44.6 Å². The molecule has 180 valence electrons. The molecule has 7 heteroatoms. The predicted octanol–water partition coefficient (Wildman–Crippen LogP) is 2.71. The normalized spacial score (nSPS) is 22.4. The average Bonchev–Trinajstić information content (AvgIpc) is 2.83. The van der Waals surface area contributed by atoms with E-state index in [0.29, 0.717) is 6.04 Å². The second kappa shape index (κ2) is 11.8. The highest BCUT2D eigenvalue weighted by Crippen LogP contribution is 2.42. The Morgan fingerprint density at radius 1 is 1.06 bits per heavy atom. The largest absolute Gasteiger partial charge is 0.493 e. The monoisotopic (exact) mass is 445 g/mol. The van der Waals surface area contributed by atoms with Crippen molar-refractivity contribution in [2.24, 2.45) is 4.99 Å². The summed E-state index contributed by atoms with van der Waals surface area (Å²) < 4.78 is 11.1. The minimum atomic E-state index is 0.0437. The molecule has 0 spiro atoms. The zero-order valence-electron chi connectivity index (χ0n) is 20.7. The van der Waals surface area contributed by atoms with Crippen LogP contribution >= 0.6 is 0 Å². The molecule has 1 atom stereocenters. The molecular formula is C25H43N5O2. The summed E-state index contributed by atoms with van der Waals surface area (Å²) in [4.78, 5) is 9.96. The van der Waals surface area contributed by atoms with E-state index < -0.39 is 0 Å². The third-order valence-electron chi connectivity index (χ3n) is 7.18. The standard InChI is InChI=1S/C25H43N5O2/c1-6-26-24(27-17-21-18-29(2)14-15-30(21)3)28-19-25(12-8-7-9-13-25)20-10-11-22(31-4)23(16-20)32-5/h10-11,16,21H,6-9,12-15,17-19H2,1-5H3,(H2,26,27,28). The first-order chi connectivity index (χ1) is 15.5. The van der Waals surface area contributed by atoms with E-state index in [9.17, 15) is 0 Å². The fourth-order valence-electron chi connectivity index (χ4n) is 5.04. The topological polar surface area (TPSA) is 61.4 Å². The molecule has 1 aromatic rings. The minimum absolute atomic E-state index is 0.0437. The molecule has 1 heterocycles. The van der Waals surface area contributed by atoms with E-state index in [4.69, 9.17) is 14.5 Å². The van der Waals surface area contributed by atoms with E-state index in [0.717, 1.165) is 69.6 Å². The van der Waals surface area contributed by atoms with Crippen LogP contribution in [0.5, 0.6) is 11.5 Å². The molecular weight excluding hydrogens is 402 g/mol. The van der Waals surface area contributed by atoms with Gasteiger partial charge in [-0.3, -0.25) is 9.89 Å². The molecule has 1 saturated heterocycles. The molecule has 1 aliphatic carbocycles. The van der Waals surface area contributed by atoms with Gasteiger partial charge in [0.25, 0.3) is 0 Å². The molecule has 0 aromatic heterocycles. The van der Waals surface area contributed by atoms with Crippen molar-refractivity contribution in [1.29, 1.82) is 0 Å². The first-order valence-corrected chi connectivity index (χ1v) is 12.1. The van der Waals surface area contributed by atoms with Crippen molar-refractivity contribution in [3.05, 3.63) is 23.8 Å². The Morgan fingerprint density at radius 2 is 1.81 bits per heavy atom. The van der Waals surface area contributed by atoms with Gasteiger partial charge in [0.2, 0.25) is 0 Å². The van der Waals surface area contributed by atoms with Gasteiger partial charge in [-0.2, -0.15) is 0 Å². The van der Waals surface area contributed by atoms with Crippen molar-refractivity contribution in [3.63, 3.8) is 0 Å². The van der Waals surface area contributed by atoms with Gasteiger partial charge < -0.3 is 25.0 Å². The SMILES string of the molecule is CCNC(=NCC1(c2ccc(OC)c(OC)c2)CCCCC1)NCC1CN(C)CCN1C. The summed E-state index contributed by atoms with van der Waals surface area (Å²) in [5.74, 6) is 2.50. The summed E-state index contributed by atoms with van der Waals surface area (Å²) in [6.07, 6.45) is 6.10. The third kappa shape index (κ3) is 6.07. The number of ether oxygens (including phenoxy) is 2. The number of methoxy groups -OCH3 is 2. The number of benzene rings is 1. The van der Waals surface area contributed by atoms with Crippen molar-refractivity contribution in [3.8, 4) is 11.5 Å². The summed E-state index contributed by atoms with van der Waals surface area (Å²) in [7, 11) is 7.82. The Hall–Kier alpha value is -1.99. The fraction of sp³-hybridized carbons (Fsp3) is 0.720. The van der Waals surface area contributed by atoms with Gasteiger partial charge in [0.05, 0.1) is 20.8 Å². The van der Waals surface area contributed by atoms with Crippen LogP contribution in [0, 0.1) is 0 Å². The lowest BCUT2D eigenvalue weighted by atomic mass is 9.69. The maximum Gasteiger partial charge on any atom is 0.191 e. The first kappa shape index (κ1) is 24.6. The van der Waals surface area contributed by atoms with Gasteiger partial charge in [-0.25, -0.2) is 0 Å². The zero-order chi connectivity index (χ0) is 23.0. The Bertz CT molecular complexity index is 748. The van der Waals surface area contributed by atoms with E-state index in [1.807, 2.05) is 6.07 Å². The highest BCUT2D eigenvalue weighted by molar-refractivity contribution is 5.79. The summed E-state index contributed by atoms with van der Waals surface area (Å²) >= 11 is 0. The number of likely N-dealkylation sites (N-methyl/N-ethyl adjacent to an activating group) is 2. The molecule has 7 nitrogen and oxygen atoms in total. The van der Waals surface area contributed by atoms with Crippen molar-refractivity contribution in [2.45, 2.75) is 50.5 Å². The molecule has 2 fully saturated rings. The molecule has 0 bridgehead atoms. The summed E-state index contributed by atoms with van der Waals surface area (Å²) in [5.41, 5.74) is 1.35. The van der Waals surface area contributed by atoms with Gasteiger partial charge in [0.15, 0.2) is 17.5 Å². The molecule has 1 saturated carbocycles. The van der Waals surface area contributed by atoms with Gasteiger partial charge in [-0.15, -0.1) is 0 Å². The lowest BCUT2D eigenvalue weighted by Gasteiger charge is -2.38. The second-order valence-electron chi connectivity index (χ2n) is 9.38. The van der Waals surface area contributed by atoms with Gasteiger partial charge >= 0.3 is 0 Å². The van der Waals surface area contributed by atoms with Crippen molar-refractivity contribution in [1.82, 2.24) is 20.4 Å². The highest BCUT2D eigenvalue weighted by atomic mass is 16.5.